The Morgan fingerprint density at radius 2 is 2.07 bits per heavy atom. The molecular formula is C11H22N2O. The zero-order chi connectivity index (χ0) is 10.4. The minimum Gasteiger partial charge on any atom is -0.463 e. The number of hydrogen-bond acceptors (Lipinski definition) is 3. The highest BCUT2D eigenvalue weighted by Crippen LogP contribution is 2.24. The first-order valence-corrected chi connectivity index (χ1v) is 5.64. The van der Waals surface area contributed by atoms with E-state index in [9.17, 15) is 0 Å². The van der Waals surface area contributed by atoms with Crippen LogP contribution in [0.5, 0.6) is 0 Å². The Balaban J connectivity index is 2.12. The van der Waals surface area contributed by atoms with Gasteiger partial charge >= 0.3 is 0 Å². The van der Waals surface area contributed by atoms with Crippen molar-refractivity contribution in [1.29, 1.82) is 0 Å². The Hall–Kier alpha value is -0.730. The minimum absolute atomic E-state index is 0.0453. The average molecular weight is 198 g/mol. The van der Waals surface area contributed by atoms with Gasteiger partial charge in [0.25, 0.3) is 6.02 Å². The molecule has 0 aliphatic carbocycles. The van der Waals surface area contributed by atoms with E-state index in [0.717, 1.165) is 6.42 Å². The van der Waals surface area contributed by atoms with E-state index in [1.54, 1.807) is 0 Å². The van der Waals surface area contributed by atoms with E-state index in [1.807, 2.05) is 0 Å². The molecule has 1 atom stereocenters. The fourth-order valence-electron chi connectivity index (χ4n) is 1.80. The van der Waals surface area contributed by atoms with Gasteiger partial charge in [0.1, 0.15) is 6.61 Å². The maximum absolute atomic E-state index is 5.49. The lowest BCUT2D eigenvalue weighted by Crippen LogP contribution is -2.23. The summed E-state index contributed by atoms with van der Waals surface area (Å²) in [6.07, 6.45) is 7.61. The number of ether oxygens (including phenoxy) is 1. The predicted molar refractivity (Wildman–Crippen MR) is 59.4 cm³/mol. The minimum atomic E-state index is -0.0453. The molecule has 3 nitrogen and oxygen atoms in total. The number of aliphatic imine (C=N–C) groups is 1. The molecule has 0 amide bonds. The zero-order valence-electron chi connectivity index (χ0n) is 9.38. The number of hydrogen-bond donors (Lipinski definition) is 1. The molecule has 0 saturated heterocycles. The van der Waals surface area contributed by atoms with Crippen molar-refractivity contribution in [3.05, 3.63) is 0 Å². The van der Waals surface area contributed by atoms with Crippen LogP contribution >= 0.6 is 0 Å². The number of rotatable bonds is 6. The fourth-order valence-corrected chi connectivity index (χ4v) is 1.80. The van der Waals surface area contributed by atoms with Crippen molar-refractivity contribution < 1.29 is 4.74 Å². The predicted octanol–water partition coefficient (Wildman–Crippen LogP) is 2.45. The summed E-state index contributed by atoms with van der Waals surface area (Å²) in [4.78, 5) is 4.31. The standard InChI is InChI=1S/C11H22N2O/c1-3-4-5-6-7-8-11(2)9-14-10(12)13-11/h3-9H2,1-2H3,(H2,12,13). The maximum atomic E-state index is 5.49. The largest absolute Gasteiger partial charge is 0.463 e. The van der Waals surface area contributed by atoms with Crippen LogP contribution in [-0.2, 0) is 4.74 Å². The second kappa shape index (κ2) is 5.23. The van der Waals surface area contributed by atoms with Crippen LogP contribution in [0.1, 0.15) is 52.4 Å². The molecule has 0 spiro atoms. The van der Waals surface area contributed by atoms with Gasteiger partial charge in [-0.3, -0.25) is 0 Å². The third-order valence-electron chi connectivity index (χ3n) is 2.73. The molecule has 3 heteroatoms. The van der Waals surface area contributed by atoms with E-state index in [1.165, 1.54) is 32.1 Å². The Labute approximate surface area is 86.7 Å². The molecule has 0 radical (unpaired) electrons. The first kappa shape index (κ1) is 11.3. The van der Waals surface area contributed by atoms with Crippen molar-refractivity contribution in [2.24, 2.45) is 10.7 Å². The van der Waals surface area contributed by atoms with Crippen LogP contribution in [-0.4, -0.2) is 18.2 Å². The second-order valence-corrected chi connectivity index (χ2v) is 4.40. The fraction of sp³-hybridized carbons (Fsp3) is 0.909. The van der Waals surface area contributed by atoms with E-state index in [4.69, 9.17) is 10.5 Å². The van der Waals surface area contributed by atoms with Gasteiger partial charge in [0.15, 0.2) is 0 Å². The molecule has 0 bridgehead atoms. The summed E-state index contributed by atoms with van der Waals surface area (Å²) in [6.45, 7) is 5.01. The molecule has 1 aliphatic heterocycles. The first-order valence-electron chi connectivity index (χ1n) is 5.64. The molecule has 82 valence electrons. The van der Waals surface area contributed by atoms with Crippen LogP contribution in [0.25, 0.3) is 0 Å². The van der Waals surface area contributed by atoms with Gasteiger partial charge in [-0.25, -0.2) is 4.99 Å². The van der Waals surface area contributed by atoms with Gasteiger partial charge in [-0.1, -0.05) is 39.0 Å². The highest BCUT2D eigenvalue weighted by molar-refractivity contribution is 5.73. The van der Waals surface area contributed by atoms with Gasteiger partial charge in [0, 0.05) is 0 Å². The molecule has 0 aromatic carbocycles. The number of amidine groups is 1. The molecule has 14 heavy (non-hydrogen) atoms. The Bertz CT molecular complexity index is 203. The SMILES string of the molecule is CCCCCCCC1(C)COC(N)=N1. The van der Waals surface area contributed by atoms with E-state index < -0.39 is 0 Å². The van der Waals surface area contributed by atoms with Crippen LogP contribution in [0.2, 0.25) is 0 Å². The van der Waals surface area contributed by atoms with Crippen LogP contribution in [0, 0.1) is 0 Å². The lowest BCUT2D eigenvalue weighted by Gasteiger charge is -2.17. The van der Waals surface area contributed by atoms with Gasteiger partial charge in [-0.2, -0.15) is 0 Å². The lowest BCUT2D eigenvalue weighted by atomic mass is 9.96. The zero-order valence-corrected chi connectivity index (χ0v) is 9.38. The van der Waals surface area contributed by atoms with Crippen LogP contribution < -0.4 is 5.73 Å². The van der Waals surface area contributed by atoms with Gasteiger partial charge in [0.2, 0.25) is 0 Å². The quantitative estimate of drug-likeness (QED) is 0.666. The molecular weight excluding hydrogens is 176 g/mol. The maximum Gasteiger partial charge on any atom is 0.282 e. The molecule has 1 unspecified atom stereocenters. The molecule has 0 aromatic rings. The van der Waals surface area contributed by atoms with E-state index in [0.29, 0.717) is 12.6 Å². The van der Waals surface area contributed by atoms with E-state index in [-0.39, 0.29) is 5.54 Å². The Morgan fingerprint density at radius 1 is 1.36 bits per heavy atom. The first-order chi connectivity index (χ1) is 6.66. The summed E-state index contributed by atoms with van der Waals surface area (Å²) in [5.41, 5.74) is 5.44. The third kappa shape index (κ3) is 3.56. The van der Waals surface area contributed by atoms with Crippen LogP contribution in [0.15, 0.2) is 4.99 Å². The molecule has 0 aromatic heterocycles. The number of unbranched alkanes of at least 4 members (excludes halogenated alkanes) is 4. The molecule has 0 fully saturated rings. The van der Waals surface area contributed by atoms with Gasteiger partial charge < -0.3 is 10.5 Å². The topological polar surface area (TPSA) is 47.6 Å². The van der Waals surface area contributed by atoms with Crippen LogP contribution in [0.3, 0.4) is 0 Å². The molecule has 1 aliphatic rings. The van der Waals surface area contributed by atoms with E-state index >= 15 is 0 Å². The summed E-state index contributed by atoms with van der Waals surface area (Å²) in [6, 6.07) is 0.362. The van der Waals surface area contributed by atoms with Crippen molar-refractivity contribution in [3.63, 3.8) is 0 Å². The summed E-state index contributed by atoms with van der Waals surface area (Å²) in [5.74, 6) is 0. The summed E-state index contributed by atoms with van der Waals surface area (Å²) in [5, 5.41) is 0. The molecule has 0 saturated carbocycles. The van der Waals surface area contributed by atoms with E-state index in [2.05, 4.69) is 18.8 Å². The summed E-state index contributed by atoms with van der Waals surface area (Å²) < 4.78 is 5.17. The Morgan fingerprint density at radius 3 is 2.64 bits per heavy atom. The van der Waals surface area contributed by atoms with Gasteiger partial charge in [-0.05, 0) is 13.3 Å². The normalized spacial score (nSPS) is 26.0. The van der Waals surface area contributed by atoms with Crippen molar-refractivity contribution in [3.8, 4) is 0 Å². The summed E-state index contributed by atoms with van der Waals surface area (Å²) >= 11 is 0. The van der Waals surface area contributed by atoms with Crippen molar-refractivity contribution in [2.75, 3.05) is 6.61 Å². The average Bonchev–Trinajstić information content (AvgIpc) is 2.47. The van der Waals surface area contributed by atoms with Crippen molar-refractivity contribution in [2.45, 2.75) is 57.9 Å². The molecule has 1 heterocycles. The Kier molecular flexibility index (Phi) is 4.23. The third-order valence-corrected chi connectivity index (χ3v) is 2.73. The smallest absolute Gasteiger partial charge is 0.282 e. The highest BCUT2D eigenvalue weighted by atomic mass is 16.5. The summed E-state index contributed by atoms with van der Waals surface area (Å²) in [7, 11) is 0. The van der Waals surface area contributed by atoms with Crippen LogP contribution in [0.4, 0.5) is 0 Å². The van der Waals surface area contributed by atoms with Crippen molar-refractivity contribution >= 4 is 6.02 Å². The van der Waals surface area contributed by atoms with Gasteiger partial charge in [-0.15, -0.1) is 0 Å². The highest BCUT2D eigenvalue weighted by Gasteiger charge is 2.29. The monoisotopic (exact) mass is 198 g/mol. The lowest BCUT2D eigenvalue weighted by molar-refractivity contribution is 0.251. The van der Waals surface area contributed by atoms with Gasteiger partial charge in [0.05, 0.1) is 5.54 Å². The molecule has 1 rings (SSSR count). The van der Waals surface area contributed by atoms with Crippen molar-refractivity contribution in [1.82, 2.24) is 0 Å². The molecule has 2 N–H and O–H groups in total. The second-order valence-electron chi connectivity index (χ2n) is 4.40. The number of nitrogens with two attached hydrogens (primary N) is 1. The number of nitrogens with zero attached hydrogens (tertiary/aromatic N) is 1.